The van der Waals surface area contributed by atoms with Crippen LogP contribution in [0.25, 0.3) is 0 Å². The van der Waals surface area contributed by atoms with Gasteiger partial charge in [-0.1, -0.05) is 12.1 Å². The Bertz CT molecular complexity index is 495. The lowest BCUT2D eigenvalue weighted by molar-refractivity contribution is -0.255. The van der Waals surface area contributed by atoms with Crippen LogP contribution < -0.4 is 10.4 Å². The third-order valence-electron chi connectivity index (χ3n) is 2.37. The van der Waals surface area contributed by atoms with Crippen molar-refractivity contribution in [2.75, 3.05) is 5.32 Å². The van der Waals surface area contributed by atoms with Gasteiger partial charge in [-0.25, -0.2) is 0 Å². The molecule has 1 aromatic heterocycles. The number of carboxylic acid groups (broad SMARTS) is 1. The number of rotatable bonds is 4. The number of hydrogen-bond donors (Lipinski definition) is 1. The van der Waals surface area contributed by atoms with Crippen LogP contribution in [0.15, 0.2) is 48.8 Å². The van der Waals surface area contributed by atoms with Crippen molar-refractivity contribution in [3.63, 3.8) is 0 Å². The fraction of sp³-hybridized carbons (Fsp3) is 0.0769. The van der Waals surface area contributed by atoms with Gasteiger partial charge in [-0.15, -0.1) is 0 Å². The van der Waals surface area contributed by atoms with Gasteiger partial charge in [-0.2, -0.15) is 0 Å². The Morgan fingerprint density at radius 1 is 1.12 bits per heavy atom. The van der Waals surface area contributed by atoms with Gasteiger partial charge in [-0.05, 0) is 35.4 Å². The first-order valence-electron chi connectivity index (χ1n) is 5.20. The van der Waals surface area contributed by atoms with Crippen molar-refractivity contribution in [3.05, 3.63) is 59.9 Å². The second-order valence-corrected chi connectivity index (χ2v) is 3.57. The molecule has 2 aromatic rings. The van der Waals surface area contributed by atoms with Crippen molar-refractivity contribution in [3.8, 4) is 0 Å². The molecule has 0 amide bonds. The number of carbonyl (C=O) groups is 1. The molecule has 2 rings (SSSR count). The number of anilines is 1. The van der Waals surface area contributed by atoms with Crippen LogP contribution in [-0.4, -0.2) is 11.0 Å². The summed E-state index contributed by atoms with van der Waals surface area (Å²) in [4.78, 5) is 14.5. The number of nitrogens with one attached hydrogen (secondary N) is 1. The number of carboxylic acids is 1. The molecule has 4 nitrogen and oxygen atoms in total. The standard InChI is InChI=1S/C13H12N2O2/c16-13(17)11-1-3-12(4-2-11)15-9-10-5-7-14-8-6-10/h1-8,15H,9H2,(H,16,17)/p-1. The molecular weight excluding hydrogens is 216 g/mol. The second kappa shape index (κ2) is 5.12. The van der Waals surface area contributed by atoms with E-state index in [2.05, 4.69) is 10.3 Å². The summed E-state index contributed by atoms with van der Waals surface area (Å²) in [7, 11) is 0. The quantitative estimate of drug-likeness (QED) is 0.848. The number of pyridine rings is 1. The lowest BCUT2D eigenvalue weighted by Gasteiger charge is -2.07. The molecule has 0 aliphatic rings. The maximum absolute atomic E-state index is 10.6. The van der Waals surface area contributed by atoms with Crippen LogP contribution in [0.3, 0.4) is 0 Å². The number of nitrogens with zero attached hydrogens (tertiary/aromatic N) is 1. The van der Waals surface area contributed by atoms with Gasteiger partial charge in [0.15, 0.2) is 0 Å². The van der Waals surface area contributed by atoms with Gasteiger partial charge < -0.3 is 15.2 Å². The van der Waals surface area contributed by atoms with E-state index in [9.17, 15) is 9.90 Å². The highest BCUT2D eigenvalue weighted by atomic mass is 16.4. The van der Waals surface area contributed by atoms with Crippen molar-refractivity contribution in [1.29, 1.82) is 0 Å². The Morgan fingerprint density at radius 3 is 2.35 bits per heavy atom. The molecule has 0 aliphatic heterocycles. The first kappa shape index (κ1) is 11.1. The number of hydrogen-bond acceptors (Lipinski definition) is 4. The highest BCUT2D eigenvalue weighted by Crippen LogP contribution is 2.10. The summed E-state index contributed by atoms with van der Waals surface area (Å²) in [5, 5.41) is 13.7. The monoisotopic (exact) mass is 227 g/mol. The van der Waals surface area contributed by atoms with E-state index < -0.39 is 5.97 Å². The Balaban J connectivity index is 1.98. The molecule has 0 atom stereocenters. The zero-order valence-corrected chi connectivity index (χ0v) is 9.09. The summed E-state index contributed by atoms with van der Waals surface area (Å²) in [6.45, 7) is 0.674. The van der Waals surface area contributed by atoms with Crippen LogP contribution in [0, 0.1) is 0 Å². The largest absolute Gasteiger partial charge is 0.545 e. The number of carbonyl (C=O) groups excluding carboxylic acids is 1. The molecule has 0 bridgehead atoms. The molecule has 0 unspecified atom stereocenters. The van der Waals surface area contributed by atoms with E-state index >= 15 is 0 Å². The van der Waals surface area contributed by atoms with E-state index in [0.717, 1.165) is 11.3 Å². The molecule has 1 aromatic carbocycles. The molecule has 0 aliphatic carbocycles. The van der Waals surface area contributed by atoms with Crippen molar-refractivity contribution < 1.29 is 9.90 Å². The topological polar surface area (TPSA) is 65.0 Å². The Hall–Kier alpha value is -2.36. The molecule has 0 spiro atoms. The Labute approximate surface area is 98.9 Å². The van der Waals surface area contributed by atoms with E-state index in [1.165, 1.54) is 12.1 Å². The predicted molar refractivity (Wildman–Crippen MR) is 62.3 cm³/mol. The highest BCUT2D eigenvalue weighted by molar-refractivity contribution is 5.86. The number of aromatic nitrogens is 1. The summed E-state index contributed by atoms with van der Waals surface area (Å²) >= 11 is 0. The average Bonchev–Trinajstić information content (AvgIpc) is 2.38. The fourth-order valence-electron chi connectivity index (χ4n) is 1.43. The predicted octanol–water partition coefficient (Wildman–Crippen LogP) is 1.06. The zero-order chi connectivity index (χ0) is 12.1. The molecule has 1 N–H and O–H groups in total. The van der Waals surface area contributed by atoms with Gasteiger partial charge in [0.2, 0.25) is 0 Å². The van der Waals surface area contributed by atoms with Gasteiger partial charge in [-0.3, -0.25) is 4.98 Å². The third-order valence-corrected chi connectivity index (χ3v) is 2.37. The summed E-state index contributed by atoms with van der Waals surface area (Å²) in [5.41, 5.74) is 2.16. The molecule has 86 valence electrons. The van der Waals surface area contributed by atoms with Crippen LogP contribution in [0.5, 0.6) is 0 Å². The summed E-state index contributed by atoms with van der Waals surface area (Å²) in [6, 6.07) is 10.3. The third kappa shape index (κ3) is 3.04. The second-order valence-electron chi connectivity index (χ2n) is 3.57. The van der Waals surface area contributed by atoms with Gasteiger partial charge in [0, 0.05) is 24.6 Å². The molecule has 1 heterocycles. The maximum atomic E-state index is 10.6. The van der Waals surface area contributed by atoms with Crippen LogP contribution in [0.1, 0.15) is 15.9 Å². The van der Waals surface area contributed by atoms with E-state index in [-0.39, 0.29) is 5.56 Å². The van der Waals surface area contributed by atoms with Crippen molar-refractivity contribution in [2.24, 2.45) is 0 Å². The minimum absolute atomic E-state index is 0.180. The lowest BCUT2D eigenvalue weighted by atomic mass is 10.2. The Morgan fingerprint density at radius 2 is 1.76 bits per heavy atom. The molecule has 0 fully saturated rings. The number of aromatic carboxylic acids is 1. The summed E-state index contributed by atoms with van der Waals surface area (Å²) < 4.78 is 0. The van der Waals surface area contributed by atoms with Gasteiger partial charge in [0.05, 0.1) is 5.97 Å². The molecule has 0 radical (unpaired) electrons. The Kier molecular flexibility index (Phi) is 3.35. The number of benzene rings is 1. The molecule has 4 heteroatoms. The van der Waals surface area contributed by atoms with Crippen molar-refractivity contribution in [1.82, 2.24) is 4.98 Å². The van der Waals surface area contributed by atoms with Crippen LogP contribution >= 0.6 is 0 Å². The average molecular weight is 227 g/mol. The van der Waals surface area contributed by atoms with Gasteiger partial charge in [0.25, 0.3) is 0 Å². The highest BCUT2D eigenvalue weighted by Gasteiger charge is 1.95. The van der Waals surface area contributed by atoms with Crippen molar-refractivity contribution >= 4 is 11.7 Å². The van der Waals surface area contributed by atoms with Gasteiger partial charge >= 0.3 is 0 Å². The first-order valence-corrected chi connectivity index (χ1v) is 5.20. The molecular formula is C13H11N2O2-. The summed E-state index contributed by atoms with van der Waals surface area (Å²) in [5.74, 6) is -1.16. The smallest absolute Gasteiger partial charge is 0.0715 e. The van der Waals surface area contributed by atoms with E-state index in [1.807, 2.05) is 12.1 Å². The maximum Gasteiger partial charge on any atom is 0.0715 e. The van der Waals surface area contributed by atoms with Crippen LogP contribution in [0.4, 0.5) is 5.69 Å². The fourth-order valence-corrected chi connectivity index (χ4v) is 1.43. The van der Waals surface area contributed by atoms with Gasteiger partial charge in [0.1, 0.15) is 0 Å². The summed E-state index contributed by atoms with van der Waals surface area (Å²) in [6.07, 6.45) is 3.46. The minimum atomic E-state index is -1.16. The first-order chi connectivity index (χ1) is 8.25. The normalized spacial score (nSPS) is 9.88. The van der Waals surface area contributed by atoms with Crippen molar-refractivity contribution in [2.45, 2.75) is 6.54 Å². The van der Waals surface area contributed by atoms with Crippen LogP contribution in [0.2, 0.25) is 0 Å². The lowest BCUT2D eigenvalue weighted by Crippen LogP contribution is -2.21. The molecule has 17 heavy (non-hydrogen) atoms. The van der Waals surface area contributed by atoms with E-state index in [4.69, 9.17) is 0 Å². The zero-order valence-electron chi connectivity index (χ0n) is 9.09. The van der Waals surface area contributed by atoms with Crippen LogP contribution in [-0.2, 0) is 6.54 Å². The van der Waals surface area contributed by atoms with E-state index in [1.54, 1.807) is 24.5 Å². The minimum Gasteiger partial charge on any atom is -0.545 e. The van der Waals surface area contributed by atoms with E-state index in [0.29, 0.717) is 6.54 Å². The molecule has 0 saturated carbocycles. The SMILES string of the molecule is O=C([O-])c1ccc(NCc2ccncc2)cc1. The molecule has 0 saturated heterocycles.